The summed E-state index contributed by atoms with van der Waals surface area (Å²) >= 11 is 3.64. The number of aromatic amines is 1. The summed E-state index contributed by atoms with van der Waals surface area (Å²) in [5.41, 5.74) is 6.14. The predicted octanol–water partition coefficient (Wildman–Crippen LogP) is 3.89. The largest absolute Gasteiger partial charge is 0.375 e. The zero-order valence-corrected chi connectivity index (χ0v) is 12.1. The highest BCUT2D eigenvalue weighted by atomic mass is 79.9. The fourth-order valence-corrected chi connectivity index (χ4v) is 3.28. The van der Waals surface area contributed by atoms with E-state index in [-0.39, 0.29) is 0 Å². The van der Waals surface area contributed by atoms with E-state index in [1.165, 1.54) is 15.6 Å². The molecular formula is C14H16BrN3. The number of hydrogen-bond donors (Lipinski definition) is 2. The van der Waals surface area contributed by atoms with Gasteiger partial charge in [0.2, 0.25) is 0 Å². The third-order valence-electron chi connectivity index (χ3n) is 3.66. The second-order valence-electron chi connectivity index (χ2n) is 4.85. The Bertz CT molecular complexity index is 569. The molecule has 1 atom stereocenters. The van der Waals surface area contributed by atoms with Crippen molar-refractivity contribution < 1.29 is 0 Å². The maximum Gasteiger partial charge on any atom is 0.0825 e. The summed E-state index contributed by atoms with van der Waals surface area (Å²) in [6.07, 6.45) is 2.27. The molecule has 0 fully saturated rings. The van der Waals surface area contributed by atoms with Gasteiger partial charge in [-0.2, -0.15) is 5.10 Å². The van der Waals surface area contributed by atoms with E-state index < -0.39 is 0 Å². The van der Waals surface area contributed by atoms with Gasteiger partial charge in [-0.15, -0.1) is 0 Å². The molecule has 2 N–H and O–H groups in total. The number of nitrogens with zero attached hydrogens (tertiary/aromatic N) is 1. The molecule has 1 aromatic heterocycles. The van der Waals surface area contributed by atoms with Crippen LogP contribution in [0.5, 0.6) is 0 Å². The van der Waals surface area contributed by atoms with Crippen molar-refractivity contribution in [1.82, 2.24) is 10.2 Å². The highest BCUT2D eigenvalue weighted by Gasteiger charge is 2.25. The predicted molar refractivity (Wildman–Crippen MR) is 76.9 cm³/mol. The van der Waals surface area contributed by atoms with Crippen molar-refractivity contribution in [2.24, 2.45) is 0 Å². The normalized spacial score (nSPS) is 17.8. The van der Waals surface area contributed by atoms with Crippen LogP contribution in [0.4, 0.5) is 5.69 Å². The van der Waals surface area contributed by atoms with E-state index in [9.17, 15) is 0 Å². The molecule has 1 aliphatic rings. The van der Waals surface area contributed by atoms with E-state index in [0.29, 0.717) is 6.04 Å². The molecule has 1 heterocycles. The van der Waals surface area contributed by atoms with Crippen LogP contribution in [0.15, 0.2) is 22.7 Å². The lowest BCUT2D eigenvalue weighted by Gasteiger charge is -2.15. The number of nitrogens with one attached hydrogen (secondary N) is 2. The Labute approximate surface area is 115 Å². The summed E-state index contributed by atoms with van der Waals surface area (Å²) < 4.78 is 1.23. The molecule has 94 valence electrons. The number of aryl methyl sites for hydroxylation is 2. The van der Waals surface area contributed by atoms with Gasteiger partial charge in [0.15, 0.2) is 0 Å². The van der Waals surface area contributed by atoms with Gasteiger partial charge in [-0.25, -0.2) is 0 Å². The van der Waals surface area contributed by atoms with Gasteiger partial charge < -0.3 is 5.32 Å². The maximum atomic E-state index is 4.23. The topological polar surface area (TPSA) is 40.7 Å². The summed E-state index contributed by atoms with van der Waals surface area (Å²) in [5, 5.41) is 10.9. The van der Waals surface area contributed by atoms with Gasteiger partial charge in [-0.3, -0.25) is 5.10 Å². The molecule has 0 saturated heterocycles. The fraction of sp³-hybridized carbons (Fsp3) is 0.357. The monoisotopic (exact) mass is 305 g/mol. The summed E-state index contributed by atoms with van der Waals surface area (Å²) in [4.78, 5) is 0. The molecule has 2 aromatic rings. The van der Waals surface area contributed by atoms with Crippen molar-refractivity contribution in [2.45, 2.75) is 32.7 Å². The minimum absolute atomic E-state index is 0.396. The zero-order chi connectivity index (χ0) is 12.7. The molecule has 0 amide bonds. The molecule has 0 spiro atoms. The third kappa shape index (κ3) is 1.85. The smallest absolute Gasteiger partial charge is 0.0825 e. The molecule has 18 heavy (non-hydrogen) atoms. The Morgan fingerprint density at radius 2 is 2.22 bits per heavy atom. The van der Waals surface area contributed by atoms with Crippen molar-refractivity contribution in [3.8, 4) is 0 Å². The summed E-state index contributed by atoms with van der Waals surface area (Å²) in [6.45, 7) is 4.09. The van der Waals surface area contributed by atoms with Gasteiger partial charge in [0, 0.05) is 4.47 Å². The summed E-state index contributed by atoms with van der Waals surface area (Å²) in [5.74, 6) is 0. The molecular weight excluding hydrogens is 290 g/mol. The van der Waals surface area contributed by atoms with Crippen LogP contribution in [0.1, 0.15) is 35.0 Å². The van der Waals surface area contributed by atoms with Crippen molar-refractivity contribution in [3.05, 3.63) is 45.2 Å². The number of hydrogen-bond acceptors (Lipinski definition) is 2. The van der Waals surface area contributed by atoms with Crippen molar-refractivity contribution in [1.29, 1.82) is 0 Å². The van der Waals surface area contributed by atoms with Crippen LogP contribution in [0.3, 0.4) is 0 Å². The lowest BCUT2D eigenvalue weighted by Crippen LogP contribution is -2.08. The fourth-order valence-electron chi connectivity index (χ4n) is 2.70. The Hall–Kier alpha value is -1.29. The average molecular weight is 306 g/mol. The van der Waals surface area contributed by atoms with Crippen LogP contribution in [-0.4, -0.2) is 10.2 Å². The van der Waals surface area contributed by atoms with Gasteiger partial charge in [0.1, 0.15) is 0 Å². The quantitative estimate of drug-likeness (QED) is 0.884. The first kappa shape index (κ1) is 11.8. The third-order valence-corrected chi connectivity index (χ3v) is 4.40. The molecule has 0 radical (unpaired) electrons. The lowest BCUT2D eigenvalue weighted by atomic mass is 10.1. The SMILES string of the molecule is Cc1n[nH]c(C)c1NC1CCc2c(Br)cccc21. The van der Waals surface area contributed by atoms with E-state index in [4.69, 9.17) is 0 Å². The number of rotatable bonds is 2. The Morgan fingerprint density at radius 1 is 1.39 bits per heavy atom. The van der Waals surface area contributed by atoms with E-state index >= 15 is 0 Å². The minimum atomic E-state index is 0.396. The lowest BCUT2D eigenvalue weighted by molar-refractivity contribution is 0.760. The van der Waals surface area contributed by atoms with Gasteiger partial charge in [-0.05, 0) is 43.9 Å². The van der Waals surface area contributed by atoms with Gasteiger partial charge in [-0.1, -0.05) is 28.1 Å². The summed E-state index contributed by atoms with van der Waals surface area (Å²) in [7, 11) is 0. The molecule has 4 heteroatoms. The average Bonchev–Trinajstić information content (AvgIpc) is 2.89. The number of H-pyrrole nitrogens is 1. The molecule has 3 rings (SSSR count). The van der Waals surface area contributed by atoms with Gasteiger partial charge in [0.05, 0.1) is 23.1 Å². The first-order valence-electron chi connectivity index (χ1n) is 6.22. The standard InChI is InChI=1S/C14H16BrN3/c1-8-14(9(2)18-17-8)16-13-7-6-10-11(13)4-3-5-12(10)15/h3-5,13,16H,6-7H2,1-2H3,(H,17,18). The number of benzene rings is 1. The van der Waals surface area contributed by atoms with Crippen LogP contribution in [0, 0.1) is 13.8 Å². The zero-order valence-electron chi connectivity index (χ0n) is 10.5. The van der Waals surface area contributed by atoms with Crippen molar-refractivity contribution in [2.75, 3.05) is 5.32 Å². The Kier molecular flexibility index (Phi) is 2.90. The molecule has 0 aliphatic heterocycles. The minimum Gasteiger partial charge on any atom is -0.375 e. The first-order valence-corrected chi connectivity index (χ1v) is 7.01. The maximum absolute atomic E-state index is 4.23. The molecule has 0 bridgehead atoms. The van der Waals surface area contributed by atoms with Gasteiger partial charge >= 0.3 is 0 Å². The van der Waals surface area contributed by atoms with Crippen LogP contribution in [0.2, 0.25) is 0 Å². The second kappa shape index (κ2) is 4.43. The molecule has 1 aliphatic carbocycles. The number of anilines is 1. The number of halogens is 1. The van der Waals surface area contributed by atoms with Crippen LogP contribution in [-0.2, 0) is 6.42 Å². The molecule has 3 nitrogen and oxygen atoms in total. The molecule has 1 unspecified atom stereocenters. The van der Waals surface area contributed by atoms with E-state index in [1.807, 2.05) is 6.92 Å². The van der Waals surface area contributed by atoms with Crippen molar-refractivity contribution in [3.63, 3.8) is 0 Å². The Balaban J connectivity index is 1.92. The number of fused-ring (bicyclic) bond motifs is 1. The van der Waals surface area contributed by atoms with Crippen LogP contribution in [0.25, 0.3) is 0 Å². The number of aromatic nitrogens is 2. The summed E-state index contributed by atoms with van der Waals surface area (Å²) in [6, 6.07) is 6.84. The van der Waals surface area contributed by atoms with E-state index in [2.05, 4.69) is 56.6 Å². The van der Waals surface area contributed by atoms with E-state index in [0.717, 1.165) is 29.9 Å². The van der Waals surface area contributed by atoms with E-state index in [1.54, 1.807) is 0 Å². The molecule has 1 aromatic carbocycles. The highest BCUT2D eigenvalue weighted by molar-refractivity contribution is 9.10. The molecule has 0 saturated carbocycles. The highest BCUT2D eigenvalue weighted by Crippen LogP contribution is 2.38. The first-order chi connectivity index (χ1) is 8.66. The van der Waals surface area contributed by atoms with Crippen LogP contribution >= 0.6 is 15.9 Å². The van der Waals surface area contributed by atoms with Crippen molar-refractivity contribution >= 4 is 21.6 Å². The van der Waals surface area contributed by atoms with Gasteiger partial charge in [0.25, 0.3) is 0 Å². The van der Waals surface area contributed by atoms with Crippen LogP contribution < -0.4 is 5.32 Å². The Morgan fingerprint density at radius 3 is 2.94 bits per heavy atom. The second-order valence-corrected chi connectivity index (χ2v) is 5.71.